The van der Waals surface area contributed by atoms with Crippen LogP contribution in [0.15, 0.2) is 72.8 Å². The van der Waals surface area contributed by atoms with Gasteiger partial charge in [0.25, 0.3) is 11.8 Å². The molecule has 0 bridgehead atoms. The van der Waals surface area contributed by atoms with E-state index >= 15 is 0 Å². The van der Waals surface area contributed by atoms with Crippen molar-refractivity contribution in [3.05, 3.63) is 89.5 Å². The average Bonchev–Trinajstić information content (AvgIpc) is 3.17. The standard InChI is InChI=1S/C27H27N3O6/c1-4-27(20-13-9-6-10-14-20)25(32)30(26(33)28-27)29-24(31)19-15-21(34-2)23(22(16-19)35-3)36-17-18-11-7-5-8-12-18/h5-16H,4,17H2,1-3H3,(H,28,33)(H,29,31). The fourth-order valence-electron chi connectivity index (χ4n) is 4.09. The number of urea groups is 1. The number of rotatable bonds is 9. The monoisotopic (exact) mass is 489 g/mol. The van der Waals surface area contributed by atoms with Gasteiger partial charge in [-0.3, -0.25) is 15.0 Å². The highest BCUT2D eigenvalue weighted by atomic mass is 16.5. The van der Waals surface area contributed by atoms with E-state index in [9.17, 15) is 14.4 Å². The lowest BCUT2D eigenvalue weighted by Crippen LogP contribution is -2.48. The van der Waals surface area contributed by atoms with Crippen LogP contribution in [0.25, 0.3) is 0 Å². The van der Waals surface area contributed by atoms with Crippen LogP contribution in [-0.2, 0) is 16.9 Å². The lowest BCUT2D eigenvalue weighted by Gasteiger charge is -2.25. The van der Waals surface area contributed by atoms with Gasteiger partial charge in [-0.1, -0.05) is 67.6 Å². The highest BCUT2D eigenvalue weighted by Gasteiger charge is 2.52. The molecular weight excluding hydrogens is 462 g/mol. The molecule has 3 aromatic carbocycles. The van der Waals surface area contributed by atoms with Crippen molar-refractivity contribution in [2.24, 2.45) is 0 Å². The van der Waals surface area contributed by atoms with Crippen molar-refractivity contribution >= 4 is 17.8 Å². The summed E-state index contributed by atoms with van der Waals surface area (Å²) >= 11 is 0. The number of hydrazine groups is 1. The highest BCUT2D eigenvalue weighted by Crippen LogP contribution is 2.39. The predicted octanol–water partition coefficient (Wildman–Crippen LogP) is 3.78. The molecule has 1 atom stereocenters. The number of methoxy groups -OCH3 is 2. The maximum atomic E-state index is 13.3. The summed E-state index contributed by atoms with van der Waals surface area (Å²) < 4.78 is 16.8. The molecule has 9 nitrogen and oxygen atoms in total. The molecule has 4 amide bonds. The van der Waals surface area contributed by atoms with Crippen molar-refractivity contribution in [1.29, 1.82) is 0 Å². The third kappa shape index (κ3) is 4.55. The fraction of sp³-hybridized carbons (Fsp3) is 0.222. The van der Waals surface area contributed by atoms with Crippen LogP contribution in [-0.4, -0.2) is 37.1 Å². The zero-order chi connectivity index (χ0) is 25.7. The average molecular weight is 490 g/mol. The number of hydrogen-bond acceptors (Lipinski definition) is 6. The summed E-state index contributed by atoms with van der Waals surface area (Å²) in [6, 6.07) is 20.7. The van der Waals surface area contributed by atoms with E-state index in [0.29, 0.717) is 22.7 Å². The lowest BCUT2D eigenvalue weighted by atomic mass is 9.87. The summed E-state index contributed by atoms with van der Waals surface area (Å²) in [6.45, 7) is 2.06. The van der Waals surface area contributed by atoms with Gasteiger partial charge in [0.1, 0.15) is 12.1 Å². The van der Waals surface area contributed by atoms with Crippen LogP contribution < -0.4 is 25.0 Å². The Balaban J connectivity index is 1.57. The van der Waals surface area contributed by atoms with Crippen molar-refractivity contribution in [2.45, 2.75) is 25.5 Å². The summed E-state index contributed by atoms with van der Waals surface area (Å²) in [5.74, 6) is -0.412. The van der Waals surface area contributed by atoms with Gasteiger partial charge in [0.2, 0.25) is 5.75 Å². The Morgan fingerprint density at radius 1 is 0.944 bits per heavy atom. The van der Waals surface area contributed by atoms with Gasteiger partial charge in [-0.15, -0.1) is 0 Å². The first-order chi connectivity index (χ1) is 17.4. The van der Waals surface area contributed by atoms with Gasteiger partial charge in [-0.2, -0.15) is 5.01 Å². The van der Waals surface area contributed by atoms with Gasteiger partial charge in [0.15, 0.2) is 11.5 Å². The highest BCUT2D eigenvalue weighted by molar-refractivity contribution is 6.09. The minimum Gasteiger partial charge on any atom is -0.493 e. The number of benzene rings is 3. The number of nitrogens with zero attached hydrogens (tertiary/aromatic N) is 1. The molecule has 1 aliphatic heterocycles. The molecule has 1 saturated heterocycles. The SMILES string of the molecule is CCC1(c2ccccc2)NC(=O)N(NC(=O)c2cc(OC)c(OCc3ccccc3)c(OC)c2)C1=O. The Bertz CT molecular complexity index is 1240. The second kappa shape index (κ2) is 10.4. The number of ether oxygens (including phenoxy) is 3. The van der Waals surface area contributed by atoms with E-state index in [-0.39, 0.29) is 23.7 Å². The van der Waals surface area contributed by atoms with E-state index < -0.39 is 23.4 Å². The molecule has 1 unspecified atom stereocenters. The Hall–Kier alpha value is -4.53. The minimum absolute atomic E-state index is 0.116. The zero-order valence-electron chi connectivity index (χ0n) is 20.2. The van der Waals surface area contributed by atoms with Gasteiger partial charge in [-0.05, 0) is 29.7 Å². The van der Waals surface area contributed by atoms with Gasteiger partial charge in [-0.25, -0.2) is 4.79 Å². The summed E-state index contributed by atoms with van der Waals surface area (Å²) in [5.41, 5.74) is 2.84. The number of carbonyl (C=O) groups is 3. The molecule has 4 rings (SSSR count). The summed E-state index contributed by atoms with van der Waals surface area (Å²) in [7, 11) is 2.89. The van der Waals surface area contributed by atoms with Crippen molar-refractivity contribution in [3.8, 4) is 17.2 Å². The molecule has 1 heterocycles. The third-order valence-electron chi connectivity index (χ3n) is 6.05. The molecule has 3 aromatic rings. The molecule has 0 aromatic heterocycles. The van der Waals surface area contributed by atoms with Crippen LogP contribution in [0.4, 0.5) is 4.79 Å². The van der Waals surface area contributed by atoms with Crippen LogP contribution in [0.5, 0.6) is 17.2 Å². The van der Waals surface area contributed by atoms with E-state index in [0.717, 1.165) is 5.56 Å². The Kier molecular flexibility index (Phi) is 7.10. The molecule has 1 fully saturated rings. The Labute approximate surface area is 208 Å². The third-order valence-corrected chi connectivity index (χ3v) is 6.05. The van der Waals surface area contributed by atoms with Gasteiger partial charge in [0, 0.05) is 5.56 Å². The molecule has 186 valence electrons. The molecule has 2 N–H and O–H groups in total. The summed E-state index contributed by atoms with van der Waals surface area (Å²) in [6.07, 6.45) is 0.309. The largest absolute Gasteiger partial charge is 0.493 e. The molecule has 0 spiro atoms. The van der Waals surface area contributed by atoms with Crippen molar-refractivity contribution < 1.29 is 28.6 Å². The molecule has 36 heavy (non-hydrogen) atoms. The smallest absolute Gasteiger partial charge is 0.344 e. The molecular formula is C27H27N3O6. The van der Waals surface area contributed by atoms with E-state index in [1.807, 2.05) is 36.4 Å². The second-order valence-corrected chi connectivity index (χ2v) is 8.12. The zero-order valence-corrected chi connectivity index (χ0v) is 20.2. The predicted molar refractivity (Wildman–Crippen MR) is 132 cm³/mol. The van der Waals surface area contributed by atoms with Crippen molar-refractivity contribution in [1.82, 2.24) is 15.8 Å². The molecule has 9 heteroatoms. The van der Waals surface area contributed by atoms with Crippen LogP contribution in [0.2, 0.25) is 0 Å². The van der Waals surface area contributed by atoms with Crippen LogP contribution in [0.3, 0.4) is 0 Å². The number of imide groups is 1. The van der Waals surface area contributed by atoms with Crippen molar-refractivity contribution in [2.75, 3.05) is 14.2 Å². The Morgan fingerprint density at radius 3 is 2.08 bits per heavy atom. The molecule has 0 aliphatic carbocycles. The fourth-order valence-corrected chi connectivity index (χ4v) is 4.09. The number of nitrogens with one attached hydrogen (secondary N) is 2. The maximum Gasteiger partial charge on any atom is 0.344 e. The van der Waals surface area contributed by atoms with Gasteiger partial charge < -0.3 is 19.5 Å². The second-order valence-electron chi connectivity index (χ2n) is 8.12. The van der Waals surface area contributed by atoms with Crippen LogP contribution in [0, 0.1) is 0 Å². The van der Waals surface area contributed by atoms with E-state index in [1.165, 1.54) is 26.4 Å². The normalized spacial score (nSPS) is 16.9. The first-order valence-corrected chi connectivity index (χ1v) is 11.4. The van der Waals surface area contributed by atoms with Crippen LogP contribution in [0.1, 0.15) is 34.8 Å². The maximum absolute atomic E-state index is 13.3. The minimum atomic E-state index is -1.27. The first kappa shape index (κ1) is 24.6. The Morgan fingerprint density at radius 2 is 1.53 bits per heavy atom. The number of hydrogen-bond donors (Lipinski definition) is 2. The van der Waals surface area contributed by atoms with Gasteiger partial charge >= 0.3 is 6.03 Å². The quantitative estimate of drug-likeness (QED) is 0.443. The number of amides is 4. The molecule has 1 aliphatic rings. The van der Waals surface area contributed by atoms with Crippen LogP contribution >= 0.6 is 0 Å². The van der Waals surface area contributed by atoms with Gasteiger partial charge in [0.05, 0.1) is 14.2 Å². The van der Waals surface area contributed by atoms with E-state index in [2.05, 4.69) is 10.7 Å². The van der Waals surface area contributed by atoms with E-state index in [1.54, 1.807) is 31.2 Å². The summed E-state index contributed by atoms with van der Waals surface area (Å²) in [5, 5.41) is 3.44. The topological polar surface area (TPSA) is 106 Å². The lowest BCUT2D eigenvalue weighted by molar-refractivity contribution is -0.133. The van der Waals surface area contributed by atoms with Crippen molar-refractivity contribution in [3.63, 3.8) is 0 Å². The first-order valence-electron chi connectivity index (χ1n) is 11.4. The van der Waals surface area contributed by atoms with E-state index in [4.69, 9.17) is 14.2 Å². The number of carbonyl (C=O) groups excluding carboxylic acids is 3. The molecule has 0 saturated carbocycles. The summed E-state index contributed by atoms with van der Waals surface area (Å²) in [4.78, 5) is 39.2. The molecule has 0 radical (unpaired) electrons.